The van der Waals surface area contributed by atoms with Gasteiger partial charge in [0.25, 0.3) is 5.69 Å². The molecule has 1 N–H and O–H groups in total. The Kier molecular flexibility index (Phi) is 15.3. The fourth-order valence-corrected chi connectivity index (χ4v) is 3.52. The predicted octanol–water partition coefficient (Wildman–Crippen LogP) is 7.30. The zero-order chi connectivity index (χ0) is 21.9. The molecular weight excluding hydrogens is 380 g/mol. The fourth-order valence-electron chi connectivity index (χ4n) is 3.52. The van der Waals surface area contributed by atoms with E-state index in [1.54, 1.807) is 18.2 Å². The van der Waals surface area contributed by atoms with E-state index in [1.165, 1.54) is 83.1 Å². The Bertz CT molecular complexity index is 592. The summed E-state index contributed by atoms with van der Waals surface area (Å²) in [6.07, 6.45) is 17.7. The number of ether oxygens (including phenoxy) is 1. The van der Waals surface area contributed by atoms with Crippen molar-refractivity contribution in [3.63, 3.8) is 0 Å². The molecule has 0 radical (unpaired) electrons. The van der Waals surface area contributed by atoms with Crippen molar-refractivity contribution >= 4 is 11.8 Å². The molecule has 6 heteroatoms. The van der Waals surface area contributed by atoms with E-state index < -0.39 is 11.0 Å². The summed E-state index contributed by atoms with van der Waals surface area (Å²) in [4.78, 5) is 22.2. The minimum Gasteiger partial charge on any atom is -0.444 e. The van der Waals surface area contributed by atoms with Gasteiger partial charge in [0.05, 0.1) is 10.5 Å². The van der Waals surface area contributed by atoms with E-state index in [9.17, 15) is 14.9 Å². The van der Waals surface area contributed by atoms with E-state index >= 15 is 0 Å². The molecule has 0 saturated carbocycles. The van der Waals surface area contributed by atoms with Gasteiger partial charge >= 0.3 is 6.09 Å². The SMILES string of the molecule is CCCCCCCCCCCCCCCCNC(=O)OCc1ccccc1[N+](=O)[O-]. The smallest absolute Gasteiger partial charge is 0.407 e. The van der Waals surface area contributed by atoms with E-state index in [0.717, 1.165) is 12.8 Å². The molecule has 1 rings (SSSR count). The fraction of sp³-hybridized carbons (Fsp3) is 0.708. The lowest BCUT2D eigenvalue weighted by Gasteiger charge is -2.07. The number of benzene rings is 1. The first-order valence-corrected chi connectivity index (χ1v) is 11.8. The Labute approximate surface area is 181 Å². The summed E-state index contributed by atoms with van der Waals surface area (Å²) in [5.41, 5.74) is 0.367. The number of nitro benzene ring substituents is 1. The minimum absolute atomic E-state index is 0.0303. The van der Waals surface area contributed by atoms with Crippen LogP contribution in [0.3, 0.4) is 0 Å². The number of carbonyl (C=O) groups excluding carboxylic acids is 1. The number of hydrogen-bond acceptors (Lipinski definition) is 4. The van der Waals surface area contributed by atoms with Gasteiger partial charge in [-0.2, -0.15) is 0 Å². The highest BCUT2D eigenvalue weighted by Gasteiger charge is 2.13. The largest absolute Gasteiger partial charge is 0.444 e. The van der Waals surface area contributed by atoms with Crippen LogP contribution in [-0.2, 0) is 11.3 Å². The van der Waals surface area contributed by atoms with Gasteiger partial charge in [-0.15, -0.1) is 0 Å². The average molecular weight is 421 g/mol. The lowest BCUT2D eigenvalue weighted by atomic mass is 10.0. The quantitative estimate of drug-likeness (QED) is 0.153. The second kappa shape index (κ2) is 17.7. The first kappa shape index (κ1) is 25.9. The second-order valence-electron chi connectivity index (χ2n) is 7.98. The molecule has 1 aromatic carbocycles. The van der Waals surface area contributed by atoms with Gasteiger partial charge in [-0.3, -0.25) is 10.1 Å². The summed E-state index contributed by atoms with van der Waals surface area (Å²) in [6, 6.07) is 6.29. The topological polar surface area (TPSA) is 81.5 Å². The average Bonchev–Trinajstić information content (AvgIpc) is 2.75. The van der Waals surface area contributed by atoms with Crippen LogP contribution >= 0.6 is 0 Å². The van der Waals surface area contributed by atoms with Crippen LogP contribution in [0, 0.1) is 10.1 Å². The van der Waals surface area contributed by atoms with Gasteiger partial charge in [0, 0.05) is 12.6 Å². The summed E-state index contributed by atoms with van der Waals surface area (Å²) in [5.74, 6) is 0. The number of rotatable bonds is 18. The van der Waals surface area contributed by atoms with E-state index in [0.29, 0.717) is 12.1 Å². The standard InChI is InChI=1S/C24H40N2O4/c1-2-3-4-5-6-7-8-9-10-11-12-13-14-17-20-25-24(27)30-21-22-18-15-16-19-23(22)26(28)29/h15-16,18-19H,2-14,17,20-21H2,1H3,(H,25,27). The molecule has 0 aliphatic heterocycles. The third kappa shape index (κ3) is 13.2. The summed E-state index contributed by atoms with van der Waals surface area (Å²) >= 11 is 0. The van der Waals surface area contributed by atoms with E-state index in [4.69, 9.17) is 4.74 Å². The number of nitrogens with one attached hydrogen (secondary N) is 1. The molecule has 0 atom stereocenters. The first-order chi connectivity index (χ1) is 14.6. The number of hydrogen-bond donors (Lipinski definition) is 1. The van der Waals surface area contributed by atoms with Gasteiger partial charge in [-0.1, -0.05) is 103 Å². The highest BCUT2D eigenvalue weighted by Crippen LogP contribution is 2.18. The number of unbranched alkanes of at least 4 members (excludes halogenated alkanes) is 13. The zero-order valence-electron chi connectivity index (χ0n) is 18.7. The minimum atomic E-state index is -0.525. The van der Waals surface area contributed by atoms with E-state index in [1.807, 2.05) is 0 Å². The molecule has 0 heterocycles. The summed E-state index contributed by atoms with van der Waals surface area (Å²) in [6.45, 7) is 2.74. The second-order valence-corrected chi connectivity index (χ2v) is 7.98. The van der Waals surface area contributed by atoms with Crippen molar-refractivity contribution in [2.45, 2.75) is 103 Å². The molecule has 6 nitrogen and oxygen atoms in total. The molecule has 0 spiro atoms. The maximum Gasteiger partial charge on any atom is 0.407 e. The maximum atomic E-state index is 11.7. The van der Waals surface area contributed by atoms with Gasteiger partial charge in [-0.25, -0.2) is 4.79 Å². The van der Waals surface area contributed by atoms with E-state index in [2.05, 4.69) is 12.2 Å². The van der Waals surface area contributed by atoms with Crippen LogP contribution in [0.5, 0.6) is 0 Å². The summed E-state index contributed by atoms with van der Waals surface area (Å²) in [5, 5.41) is 13.7. The Morgan fingerprint density at radius 3 is 1.90 bits per heavy atom. The monoisotopic (exact) mass is 420 g/mol. The van der Waals surface area contributed by atoms with Crippen molar-refractivity contribution in [1.29, 1.82) is 0 Å². The number of amides is 1. The molecule has 1 aromatic rings. The van der Waals surface area contributed by atoms with Crippen molar-refractivity contribution in [2.75, 3.05) is 6.54 Å². The number of para-hydroxylation sites is 1. The number of nitro groups is 1. The number of alkyl carbamates (subject to hydrolysis) is 1. The van der Waals surface area contributed by atoms with Crippen molar-refractivity contribution in [2.24, 2.45) is 0 Å². The molecule has 0 saturated heterocycles. The van der Waals surface area contributed by atoms with Crippen molar-refractivity contribution < 1.29 is 14.5 Å². The molecule has 0 bridgehead atoms. The first-order valence-electron chi connectivity index (χ1n) is 11.8. The lowest BCUT2D eigenvalue weighted by molar-refractivity contribution is -0.385. The molecular formula is C24H40N2O4. The van der Waals surface area contributed by atoms with Crippen LogP contribution in [0.25, 0.3) is 0 Å². The number of nitrogens with zero attached hydrogens (tertiary/aromatic N) is 1. The summed E-state index contributed by atoms with van der Waals surface area (Å²) in [7, 11) is 0. The van der Waals surface area contributed by atoms with Crippen LogP contribution < -0.4 is 5.32 Å². The van der Waals surface area contributed by atoms with Gasteiger partial charge in [0.2, 0.25) is 0 Å². The Hall–Kier alpha value is -2.11. The lowest BCUT2D eigenvalue weighted by Crippen LogP contribution is -2.25. The van der Waals surface area contributed by atoms with Crippen LogP contribution in [0.15, 0.2) is 24.3 Å². The molecule has 0 aromatic heterocycles. The van der Waals surface area contributed by atoms with Gasteiger partial charge < -0.3 is 10.1 Å². The van der Waals surface area contributed by atoms with Crippen molar-refractivity contribution in [3.05, 3.63) is 39.9 Å². The van der Waals surface area contributed by atoms with Crippen LogP contribution in [-0.4, -0.2) is 17.6 Å². The Balaban J connectivity index is 1.90. The molecule has 30 heavy (non-hydrogen) atoms. The molecule has 0 aliphatic carbocycles. The van der Waals surface area contributed by atoms with Gasteiger partial charge in [0.15, 0.2) is 0 Å². The van der Waals surface area contributed by atoms with Crippen LogP contribution in [0.4, 0.5) is 10.5 Å². The highest BCUT2D eigenvalue weighted by molar-refractivity contribution is 5.67. The molecule has 0 unspecified atom stereocenters. The number of carbonyl (C=O) groups is 1. The van der Waals surface area contributed by atoms with Crippen LogP contribution in [0.1, 0.15) is 102 Å². The molecule has 0 fully saturated rings. The van der Waals surface area contributed by atoms with Crippen LogP contribution in [0.2, 0.25) is 0 Å². The molecule has 1 amide bonds. The normalized spacial score (nSPS) is 10.7. The van der Waals surface area contributed by atoms with Gasteiger partial charge in [0.1, 0.15) is 6.61 Å². The molecule has 0 aliphatic rings. The Morgan fingerprint density at radius 1 is 0.867 bits per heavy atom. The van der Waals surface area contributed by atoms with Crippen molar-refractivity contribution in [3.8, 4) is 0 Å². The third-order valence-electron chi connectivity index (χ3n) is 5.35. The van der Waals surface area contributed by atoms with Gasteiger partial charge in [-0.05, 0) is 12.5 Å². The predicted molar refractivity (Wildman–Crippen MR) is 122 cm³/mol. The summed E-state index contributed by atoms with van der Waals surface area (Å²) < 4.78 is 5.08. The Morgan fingerprint density at radius 2 is 1.37 bits per heavy atom. The molecule has 170 valence electrons. The van der Waals surface area contributed by atoms with Crippen molar-refractivity contribution in [1.82, 2.24) is 5.32 Å². The zero-order valence-corrected chi connectivity index (χ0v) is 18.7. The van der Waals surface area contributed by atoms with E-state index in [-0.39, 0.29) is 12.3 Å². The highest BCUT2D eigenvalue weighted by atomic mass is 16.6. The maximum absolute atomic E-state index is 11.7. The third-order valence-corrected chi connectivity index (χ3v) is 5.35.